The van der Waals surface area contributed by atoms with Crippen LogP contribution in [0, 0.1) is 11.8 Å². The van der Waals surface area contributed by atoms with Gasteiger partial charge in [-0.15, -0.1) is 0 Å². The van der Waals surface area contributed by atoms with Crippen LogP contribution in [0.25, 0.3) is 0 Å². The Morgan fingerprint density at radius 2 is 2.12 bits per heavy atom. The lowest BCUT2D eigenvalue weighted by atomic mass is 9.73. The molecule has 1 N–H and O–H groups in total. The van der Waals surface area contributed by atoms with Gasteiger partial charge < -0.3 is 10.1 Å². The van der Waals surface area contributed by atoms with Crippen LogP contribution in [-0.2, 0) is 4.74 Å². The monoisotopic (exact) mass is 227 g/mol. The van der Waals surface area contributed by atoms with Crippen LogP contribution in [0.3, 0.4) is 0 Å². The third-order valence-electron chi connectivity index (χ3n) is 4.59. The van der Waals surface area contributed by atoms with Crippen molar-refractivity contribution in [3.8, 4) is 0 Å². The molecule has 0 aliphatic heterocycles. The molecule has 2 nitrogen and oxygen atoms in total. The van der Waals surface area contributed by atoms with Crippen LogP contribution in [-0.4, -0.2) is 25.8 Å². The molecule has 0 amide bonds. The number of ether oxygens (including phenoxy) is 1. The quantitative estimate of drug-likeness (QED) is 0.778. The highest BCUT2D eigenvalue weighted by Crippen LogP contribution is 2.36. The molecule has 0 radical (unpaired) electrons. The molecule has 1 fully saturated rings. The fourth-order valence-electron chi connectivity index (χ4n) is 3.31. The van der Waals surface area contributed by atoms with E-state index in [0.29, 0.717) is 6.04 Å². The Balaban J connectivity index is 2.72. The number of nitrogens with one attached hydrogen (secondary N) is 1. The minimum Gasteiger partial charge on any atom is -0.377 e. The van der Waals surface area contributed by atoms with E-state index in [-0.39, 0.29) is 5.60 Å². The number of hydrogen-bond donors (Lipinski definition) is 1. The van der Waals surface area contributed by atoms with E-state index in [1.54, 1.807) is 0 Å². The molecule has 0 saturated heterocycles. The van der Waals surface area contributed by atoms with Gasteiger partial charge in [-0.3, -0.25) is 0 Å². The van der Waals surface area contributed by atoms with Crippen molar-refractivity contribution in [3.05, 3.63) is 0 Å². The second kappa shape index (κ2) is 6.02. The number of hydrogen-bond acceptors (Lipinski definition) is 2. The Morgan fingerprint density at radius 1 is 1.44 bits per heavy atom. The highest BCUT2D eigenvalue weighted by atomic mass is 16.5. The molecule has 0 aromatic heterocycles. The van der Waals surface area contributed by atoms with E-state index < -0.39 is 0 Å². The third kappa shape index (κ3) is 2.98. The van der Waals surface area contributed by atoms with Gasteiger partial charge in [-0.05, 0) is 45.1 Å². The summed E-state index contributed by atoms with van der Waals surface area (Å²) in [5, 5.41) is 3.51. The molecule has 96 valence electrons. The molecule has 1 saturated carbocycles. The SMILES string of the molecule is CCC(C)(OC)C(NC)C1CCCC(C)C1. The van der Waals surface area contributed by atoms with Crippen LogP contribution >= 0.6 is 0 Å². The number of likely N-dealkylation sites (N-methyl/N-ethyl adjacent to an activating group) is 1. The van der Waals surface area contributed by atoms with Crippen molar-refractivity contribution in [1.82, 2.24) is 5.32 Å². The average Bonchev–Trinajstić information content (AvgIpc) is 2.30. The summed E-state index contributed by atoms with van der Waals surface area (Å²) >= 11 is 0. The van der Waals surface area contributed by atoms with Crippen molar-refractivity contribution >= 4 is 0 Å². The third-order valence-corrected chi connectivity index (χ3v) is 4.59. The molecule has 0 aromatic rings. The number of methoxy groups -OCH3 is 1. The Hall–Kier alpha value is -0.0800. The summed E-state index contributed by atoms with van der Waals surface area (Å²) < 4.78 is 5.77. The highest BCUT2D eigenvalue weighted by molar-refractivity contribution is 4.94. The average molecular weight is 227 g/mol. The zero-order valence-electron chi connectivity index (χ0n) is 11.7. The van der Waals surface area contributed by atoms with Crippen molar-refractivity contribution in [2.45, 2.75) is 64.5 Å². The van der Waals surface area contributed by atoms with Gasteiger partial charge in [0, 0.05) is 13.2 Å². The van der Waals surface area contributed by atoms with Crippen molar-refractivity contribution in [3.63, 3.8) is 0 Å². The van der Waals surface area contributed by atoms with Crippen LogP contribution in [0.2, 0.25) is 0 Å². The molecule has 0 aromatic carbocycles. The van der Waals surface area contributed by atoms with Crippen molar-refractivity contribution in [2.75, 3.05) is 14.2 Å². The van der Waals surface area contributed by atoms with Crippen molar-refractivity contribution in [2.24, 2.45) is 11.8 Å². The molecule has 16 heavy (non-hydrogen) atoms. The fourth-order valence-corrected chi connectivity index (χ4v) is 3.31. The Labute approximate surface area is 101 Å². The zero-order chi connectivity index (χ0) is 12.2. The first-order valence-corrected chi connectivity index (χ1v) is 6.79. The van der Waals surface area contributed by atoms with Gasteiger partial charge in [-0.25, -0.2) is 0 Å². The largest absolute Gasteiger partial charge is 0.377 e. The molecule has 1 rings (SSSR count). The highest BCUT2D eigenvalue weighted by Gasteiger charge is 2.38. The predicted molar refractivity (Wildman–Crippen MR) is 69.7 cm³/mol. The van der Waals surface area contributed by atoms with Crippen LogP contribution in [0.5, 0.6) is 0 Å². The Morgan fingerprint density at radius 3 is 2.56 bits per heavy atom. The maximum atomic E-state index is 5.77. The Kier molecular flexibility index (Phi) is 5.26. The summed E-state index contributed by atoms with van der Waals surface area (Å²) in [4.78, 5) is 0. The van der Waals surface area contributed by atoms with Crippen molar-refractivity contribution < 1.29 is 4.74 Å². The lowest BCUT2D eigenvalue weighted by Crippen LogP contribution is -2.53. The van der Waals surface area contributed by atoms with Gasteiger partial charge >= 0.3 is 0 Å². The Bertz CT molecular complexity index is 201. The van der Waals surface area contributed by atoms with E-state index in [2.05, 4.69) is 33.1 Å². The van der Waals surface area contributed by atoms with Crippen molar-refractivity contribution in [1.29, 1.82) is 0 Å². The lowest BCUT2D eigenvalue weighted by molar-refractivity contribution is -0.0502. The van der Waals surface area contributed by atoms with E-state index in [4.69, 9.17) is 4.74 Å². The fraction of sp³-hybridized carbons (Fsp3) is 1.00. The maximum absolute atomic E-state index is 5.77. The molecule has 4 atom stereocenters. The number of rotatable bonds is 5. The first-order chi connectivity index (χ1) is 7.57. The molecule has 0 spiro atoms. The summed E-state index contributed by atoms with van der Waals surface area (Å²) in [5.74, 6) is 1.66. The second-order valence-electron chi connectivity index (χ2n) is 5.67. The molecular weight excluding hydrogens is 198 g/mol. The van der Waals surface area contributed by atoms with E-state index in [1.807, 2.05) is 7.11 Å². The van der Waals surface area contributed by atoms with Gasteiger partial charge in [-0.1, -0.05) is 26.7 Å². The summed E-state index contributed by atoms with van der Waals surface area (Å²) in [6, 6.07) is 0.491. The summed E-state index contributed by atoms with van der Waals surface area (Å²) in [5.41, 5.74) is -0.0174. The van der Waals surface area contributed by atoms with Crippen LogP contribution in [0.1, 0.15) is 52.9 Å². The van der Waals surface area contributed by atoms with E-state index in [9.17, 15) is 0 Å². The lowest BCUT2D eigenvalue weighted by Gasteiger charge is -2.43. The maximum Gasteiger partial charge on any atom is 0.0802 e. The van der Waals surface area contributed by atoms with E-state index >= 15 is 0 Å². The van der Waals surface area contributed by atoms with Crippen LogP contribution < -0.4 is 5.32 Å². The molecule has 4 unspecified atom stereocenters. The smallest absolute Gasteiger partial charge is 0.0802 e. The molecule has 1 aliphatic carbocycles. The topological polar surface area (TPSA) is 21.3 Å². The molecular formula is C14H29NO. The zero-order valence-corrected chi connectivity index (χ0v) is 11.7. The molecule has 0 bridgehead atoms. The summed E-state index contributed by atoms with van der Waals surface area (Å²) in [6.07, 6.45) is 6.56. The van der Waals surface area contributed by atoms with Gasteiger partial charge in [-0.2, -0.15) is 0 Å². The minimum absolute atomic E-state index is 0.0174. The van der Waals surface area contributed by atoms with Gasteiger partial charge in [0.1, 0.15) is 0 Å². The summed E-state index contributed by atoms with van der Waals surface area (Å²) in [7, 11) is 3.93. The molecule has 2 heteroatoms. The first-order valence-electron chi connectivity index (χ1n) is 6.79. The summed E-state index contributed by atoms with van der Waals surface area (Å²) in [6.45, 7) is 6.85. The van der Waals surface area contributed by atoms with Crippen LogP contribution in [0.15, 0.2) is 0 Å². The normalized spacial score (nSPS) is 32.1. The van der Waals surface area contributed by atoms with Gasteiger partial charge in [0.2, 0.25) is 0 Å². The van der Waals surface area contributed by atoms with E-state index in [1.165, 1.54) is 25.7 Å². The second-order valence-corrected chi connectivity index (χ2v) is 5.67. The predicted octanol–water partition coefficient (Wildman–Crippen LogP) is 3.22. The van der Waals surface area contributed by atoms with Crippen LogP contribution in [0.4, 0.5) is 0 Å². The van der Waals surface area contributed by atoms with Gasteiger partial charge in [0.15, 0.2) is 0 Å². The standard InChI is InChI=1S/C14H29NO/c1-6-14(3,16-5)13(15-4)12-9-7-8-11(2)10-12/h11-13,15H,6-10H2,1-5H3. The first kappa shape index (κ1) is 14.0. The van der Waals surface area contributed by atoms with Gasteiger partial charge in [0.05, 0.1) is 5.60 Å². The van der Waals surface area contributed by atoms with Gasteiger partial charge in [0.25, 0.3) is 0 Å². The molecule has 0 heterocycles. The molecule has 1 aliphatic rings. The van der Waals surface area contributed by atoms with E-state index in [0.717, 1.165) is 18.3 Å². The minimum atomic E-state index is -0.0174.